The molecule has 0 spiro atoms. The van der Waals surface area contributed by atoms with Gasteiger partial charge in [-0.1, -0.05) is 29.8 Å². The van der Waals surface area contributed by atoms with Crippen molar-refractivity contribution in [3.8, 4) is 0 Å². The maximum absolute atomic E-state index is 12.7. The Hall–Kier alpha value is -1.26. The maximum Gasteiger partial charge on any atom is 0.411 e. The van der Waals surface area contributed by atoms with E-state index >= 15 is 0 Å². The second-order valence-electron chi connectivity index (χ2n) is 7.74. The predicted molar refractivity (Wildman–Crippen MR) is 91.6 cm³/mol. The van der Waals surface area contributed by atoms with Gasteiger partial charge < -0.3 is 9.84 Å². The number of rotatable bonds is 2. The molecule has 1 heterocycles. The van der Waals surface area contributed by atoms with Crippen molar-refractivity contribution in [1.82, 2.24) is 4.90 Å². The summed E-state index contributed by atoms with van der Waals surface area (Å²) in [6.07, 6.45) is 0.283. The van der Waals surface area contributed by atoms with Crippen LogP contribution in [-0.2, 0) is 4.74 Å². The zero-order valence-electron chi connectivity index (χ0n) is 14.5. The highest BCUT2D eigenvalue weighted by Crippen LogP contribution is 2.41. The molecule has 0 aliphatic carbocycles. The zero-order chi connectivity index (χ0) is 17.4. The number of halogens is 1. The summed E-state index contributed by atoms with van der Waals surface area (Å²) in [7, 11) is 0. The smallest absolute Gasteiger partial charge is 0.411 e. The molecule has 1 aliphatic rings. The van der Waals surface area contributed by atoms with E-state index < -0.39 is 17.8 Å². The van der Waals surface area contributed by atoms with Crippen molar-refractivity contribution >= 4 is 17.7 Å². The number of hydrogen-bond acceptors (Lipinski definition) is 3. The number of carbonyl (C=O) groups is 1. The molecule has 5 heteroatoms. The number of benzene rings is 1. The highest BCUT2D eigenvalue weighted by atomic mass is 35.5. The average molecular weight is 340 g/mol. The molecule has 1 aromatic rings. The highest BCUT2D eigenvalue weighted by molar-refractivity contribution is 6.31. The third-order valence-electron chi connectivity index (χ3n) is 4.21. The number of aliphatic hydroxyl groups is 1. The number of hydrogen-bond donors (Lipinski definition) is 1. The van der Waals surface area contributed by atoms with E-state index in [1.54, 1.807) is 17.0 Å². The Morgan fingerprint density at radius 2 is 2.00 bits per heavy atom. The van der Waals surface area contributed by atoms with Crippen LogP contribution in [0, 0.1) is 0 Å². The van der Waals surface area contributed by atoms with Crippen molar-refractivity contribution in [3.05, 3.63) is 34.9 Å². The monoisotopic (exact) mass is 339 g/mol. The molecule has 23 heavy (non-hydrogen) atoms. The first-order valence-electron chi connectivity index (χ1n) is 7.98. The summed E-state index contributed by atoms with van der Waals surface area (Å²) in [4.78, 5) is 14.3. The quantitative estimate of drug-likeness (QED) is 0.859. The van der Waals surface area contributed by atoms with Crippen LogP contribution in [0.4, 0.5) is 4.79 Å². The Kier molecular flexibility index (Phi) is 4.97. The van der Waals surface area contributed by atoms with Gasteiger partial charge in [-0.15, -0.1) is 0 Å². The molecule has 1 saturated heterocycles. The lowest BCUT2D eigenvalue weighted by Gasteiger charge is -2.38. The van der Waals surface area contributed by atoms with Crippen molar-refractivity contribution in [1.29, 1.82) is 0 Å². The topological polar surface area (TPSA) is 49.8 Å². The van der Waals surface area contributed by atoms with Crippen LogP contribution in [0.5, 0.6) is 0 Å². The first-order valence-corrected chi connectivity index (χ1v) is 8.35. The molecule has 2 rings (SSSR count). The van der Waals surface area contributed by atoms with Gasteiger partial charge in [0, 0.05) is 16.1 Å². The van der Waals surface area contributed by atoms with Crippen LogP contribution in [0.15, 0.2) is 24.3 Å². The first kappa shape index (κ1) is 18.1. The summed E-state index contributed by atoms with van der Waals surface area (Å²) in [6.45, 7) is 9.51. The fraction of sp³-hybridized carbons (Fsp3) is 0.611. The first-order chi connectivity index (χ1) is 10.5. The molecule has 1 fully saturated rings. The van der Waals surface area contributed by atoms with E-state index in [9.17, 15) is 9.90 Å². The van der Waals surface area contributed by atoms with Crippen LogP contribution in [0.1, 0.15) is 59.1 Å². The molecule has 0 radical (unpaired) electrons. The molecule has 1 N–H and O–H groups in total. The van der Waals surface area contributed by atoms with Crippen molar-refractivity contribution < 1.29 is 14.6 Å². The third kappa shape index (κ3) is 3.99. The Bertz CT molecular complexity index is 580. The second-order valence-corrected chi connectivity index (χ2v) is 8.14. The van der Waals surface area contributed by atoms with Crippen molar-refractivity contribution in [2.45, 2.75) is 70.7 Å². The van der Waals surface area contributed by atoms with Crippen molar-refractivity contribution in [2.24, 2.45) is 0 Å². The Morgan fingerprint density at radius 3 is 2.57 bits per heavy atom. The molecule has 1 aromatic carbocycles. The standard InChI is InChI=1S/C18H26ClNO3/c1-17(2,3)23-16(22)20-14(10-11-18(20,4)5)15(21)12-8-6-7-9-13(12)19/h6-9,14-15,21H,10-11H2,1-5H3/t14-,15+/m0/s1. The molecule has 1 aliphatic heterocycles. The van der Waals surface area contributed by atoms with E-state index in [4.69, 9.17) is 16.3 Å². The van der Waals surface area contributed by atoms with Gasteiger partial charge in [-0.05, 0) is 53.5 Å². The second kappa shape index (κ2) is 6.33. The molecule has 4 nitrogen and oxygen atoms in total. The number of nitrogens with zero attached hydrogens (tertiary/aromatic N) is 1. The minimum Gasteiger partial charge on any atom is -0.444 e. The fourth-order valence-electron chi connectivity index (χ4n) is 3.11. The summed E-state index contributed by atoms with van der Waals surface area (Å²) in [5.41, 5.74) is -0.296. The van der Waals surface area contributed by atoms with Gasteiger partial charge in [0.05, 0.1) is 6.04 Å². The highest BCUT2D eigenvalue weighted by Gasteiger charge is 2.47. The average Bonchev–Trinajstić information content (AvgIpc) is 2.72. The summed E-state index contributed by atoms with van der Waals surface area (Å²) in [5.74, 6) is 0. The van der Waals surface area contributed by atoms with Gasteiger partial charge in [-0.3, -0.25) is 4.90 Å². The lowest BCUT2D eigenvalue weighted by molar-refractivity contribution is -0.0166. The molecule has 128 valence electrons. The van der Waals surface area contributed by atoms with Gasteiger partial charge in [0.2, 0.25) is 0 Å². The summed E-state index contributed by atoms with van der Waals surface area (Å²) < 4.78 is 5.55. The van der Waals surface area contributed by atoms with Gasteiger partial charge in [0.1, 0.15) is 11.7 Å². The molecule has 2 atom stereocenters. The van der Waals surface area contributed by atoms with E-state index in [0.717, 1.165) is 6.42 Å². The van der Waals surface area contributed by atoms with Crippen LogP contribution in [0.25, 0.3) is 0 Å². The third-order valence-corrected chi connectivity index (χ3v) is 4.56. The van der Waals surface area contributed by atoms with E-state index in [2.05, 4.69) is 0 Å². The predicted octanol–water partition coefficient (Wildman–Crippen LogP) is 4.55. The summed E-state index contributed by atoms with van der Waals surface area (Å²) in [6, 6.07) is 6.86. The van der Waals surface area contributed by atoms with Gasteiger partial charge in [0.25, 0.3) is 0 Å². The number of amides is 1. The molecule has 0 aromatic heterocycles. The van der Waals surface area contributed by atoms with E-state index in [0.29, 0.717) is 17.0 Å². The Balaban J connectivity index is 2.30. The number of likely N-dealkylation sites (tertiary alicyclic amines) is 1. The van der Waals surface area contributed by atoms with Crippen LogP contribution in [-0.4, -0.2) is 33.3 Å². The normalized spacial score (nSPS) is 22.0. The van der Waals surface area contributed by atoms with Crippen LogP contribution < -0.4 is 0 Å². The number of aliphatic hydroxyl groups excluding tert-OH is 1. The molecule has 0 bridgehead atoms. The number of carbonyl (C=O) groups excluding carboxylic acids is 1. The lowest BCUT2D eigenvalue weighted by atomic mass is 10.00. The van der Waals surface area contributed by atoms with Crippen LogP contribution in [0.3, 0.4) is 0 Å². The fourth-order valence-corrected chi connectivity index (χ4v) is 3.36. The van der Waals surface area contributed by atoms with E-state index in [1.165, 1.54) is 0 Å². The van der Waals surface area contributed by atoms with E-state index in [1.807, 2.05) is 46.8 Å². The van der Waals surface area contributed by atoms with Crippen LogP contribution >= 0.6 is 11.6 Å². The maximum atomic E-state index is 12.7. The largest absolute Gasteiger partial charge is 0.444 e. The molecule has 1 amide bonds. The van der Waals surface area contributed by atoms with Gasteiger partial charge in [0.15, 0.2) is 0 Å². The minimum absolute atomic E-state index is 0.347. The molecule has 0 unspecified atom stereocenters. The van der Waals surface area contributed by atoms with Crippen molar-refractivity contribution in [2.75, 3.05) is 0 Å². The Labute approximate surface area is 143 Å². The molecular formula is C18H26ClNO3. The van der Waals surface area contributed by atoms with E-state index in [-0.39, 0.29) is 11.6 Å². The number of ether oxygens (including phenoxy) is 1. The van der Waals surface area contributed by atoms with Gasteiger partial charge in [-0.2, -0.15) is 0 Å². The lowest BCUT2D eigenvalue weighted by Crippen LogP contribution is -2.50. The van der Waals surface area contributed by atoms with Gasteiger partial charge >= 0.3 is 6.09 Å². The summed E-state index contributed by atoms with van der Waals surface area (Å²) in [5, 5.41) is 11.3. The minimum atomic E-state index is -0.835. The summed E-state index contributed by atoms with van der Waals surface area (Å²) >= 11 is 6.21. The van der Waals surface area contributed by atoms with Gasteiger partial charge in [-0.25, -0.2) is 4.79 Å². The molecular weight excluding hydrogens is 314 g/mol. The molecule has 0 saturated carbocycles. The van der Waals surface area contributed by atoms with Crippen molar-refractivity contribution in [3.63, 3.8) is 0 Å². The Morgan fingerprint density at radius 1 is 1.39 bits per heavy atom. The zero-order valence-corrected chi connectivity index (χ0v) is 15.2. The SMILES string of the molecule is CC(C)(C)OC(=O)N1[C@H]([C@H](O)c2ccccc2Cl)CCC1(C)C. The van der Waals surface area contributed by atoms with Crippen LogP contribution in [0.2, 0.25) is 5.02 Å².